The second kappa shape index (κ2) is 6.33. The number of thioether (sulfide) groups is 1. The summed E-state index contributed by atoms with van der Waals surface area (Å²) in [5.74, 6) is 1.76. The van der Waals surface area contributed by atoms with Gasteiger partial charge in [-0.1, -0.05) is 37.7 Å². The number of amidine groups is 1. The number of anilines is 2. The van der Waals surface area contributed by atoms with Crippen LogP contribution in [0.5, 0.6) is 0 Å². The van der Waals surface area contributed by atoms with Crippen molar-refractivity contribution in [1.29, 1.82) is 0 Å². The van der Waals surface area contributed by atoms with Crippen molar-refractivity contribution in [1.82, 2.24) is 0 Å². The van der Waals surface area contributed by atoms with E-state index in [-0.39, 0.29) is 0 Å². The molecule has 4 heteroatoms. The zero-order chi connectivity index (χ0) is 13.8. The Balaban J connectivity index is 2.17. The van der Waals surface area contributed by atoms with Crippen LogP contribution in [0.15, 0.2) is 29.3 Å². The maximum absolute atomic E-state index is 4.83. The Morgan fingerprint density at radius 1 is 1.32 bits per heavy atom. The third-order valence-corrected chi connectivity index (χ3v) is 4.25. The van der Waals surface area contributed by atoms with Crippen LogP contribution >= 0.6 is 11.8 Å². The molecule has 1 aliphatic rings. The Bertz CT molecular complexity index is 454. The molecule has 1 aromatic rings. The summed E-state index contributed by atoms with van der Waals surface area (Å²) < 4.78 is 0. The van der Waals surface area contributed by atoms with E-state index in [4.69, 9.17) is 4.99 Å². The summed E-state index contributed by atoms with van der Waals surface area (Å²) in [5, 5.41) is 4.54. The van der Waals surface area contributed by atoms with Crippen LogP contribution in [0.1, 0.15) is 20.3 Å². The lowest BCUT2D eigenvalue weighted by atomic mass is 10.0. The molecule has 2 rings (SSSR count). The number of aliphatic imine (C=N–C) groups is 1. The molecular formula is C15H23N3S. The van der Waals surface area contributed by atoms with Crippen molar-refractivity contribution >= 4 is 28.3 Å². The Morgan fingerprint density at radius 2 is 2.05 bits per heavy atom. The molecule has 0 fully saturated rings. The van der Waals surface area contributed by atoms with Crippen molar-refractivity contribution in [3.8, 4) is 0 Å². The number of benzene rings is 1. The molecular weight excluding hydrogens is 254 g/mol. The molecule has 1 unspecified atom stereocenters. The number of hydrogen-bond donors (Lipinski definition) is 1. The van der Waals surface area contributed by atoms with E-state index in [1.54, 1.807) is 0 Å². The Hall–Kier alpha value is -1.16. The fourth-order valence-corrected chi connectivity index (χ4v) is 3.11. The van der Waals surface area contributed by atoms with Gasteiger partial charge >= 0.3 is 0 Å². The second-order valence-electron chi connectivity index (χ2n) is 5.42. The number of nitrogens with one attached hydrogen (secondary N) is 1. The minimum absolute atomic E-state index is 0.454. The van der Waals surface area contributed by atoms with E-state index in [2.05, 4.69) is 62.4 Å². The SMILES string of the molecule is CC(C)C1CCSC(Nc2ccccc2N(C)C)=N1. The summed E-state index contributed by atoms with van der Waals surface area (Å²) >= 11 is 1.82. The van der Waals surface area contributed by atoms with Crippen molar-refractivity contribution in [3.63, 3.8) is 0 Å². The molecule has 0 spiro atoms. The van der Waals surface area contributed by atoms with Gasteiger partial charge in [-0.05, 0) is 24.5 Å². The van der Waals surface area contributed by atoms with Crippen molar-refractivity contribution in [2.75, 3.05) is 30.1 Å². The van der Waals surface area contributed by atoms with E-state index >= 15 is 0 Å². The molecule has 0 radical (unpaired) electrons. The average molecular weight is 277 g/mol. The van der Waals surface area contributed by atoms with Crippen molar-refractivity contribution in [3.05, 3.63) is 24.3 Å². The van der Waals surface area contributed by atoms with Crippen LogP contribution in [-0.2, 0) is 0 Å². The van der Waals surface area contributed by atoms with Gasteiger partial charge in [-0.2, -0.15) is 0 Å². The van der Waals surface area contributed by atoms with Crippen LogP contribution in [0.25, 0.3) is 0 Å². The summed E-state index contributed by atoms with van der Waals surface area (Å²) in [6.45, 7) is 4.49. The second-order valence-corrected chi connectivity index (χ2v) is 6.50. The van der Waals surface area contributed by atoms with E-state index in [0.29, 0.717) is 12.0 Å². The van der Waals surface area contributed by atoms with E-state index < -0.39 is 0 Å². The first-order valence-electron chi connectivity index (χ1n) is 6.82. The van der Waals surface area contributed by atoms with Gasteiger partial charge in [0.15, 0.2) is 5.17 Å². The Labute approximate surface area is 120 Å². The summed E-state index contributed by atoms with van der Waals surface area (Å²) in [7, 11) is 4.13. The number of rotatable bonds is 3. The smallest absolute Gasteiger partial charge is 0.161 e. The minimum atomic E-state index is 0.454. The molecule has 1 heterocycles. The Morgan fingerprint density at radius 3 is 2.74 bits per heavy atom. The average Bonchev–Trinajstić information content (AvgIpc) is 2.39. The lowest BCUT2D eigenvalue weighted by Gasteiger charge is -2.25. The zero-order valence-corrected chi connectivity index (χ0v) is 13.0. The van der Waals surface area contributed by atoms with Gasteiger partial charge in [-0.15, -0.1) is 0 Å². The summed E-state index contributed by atoms with van der Waals surface area (Å²) in [4.78, 5) is 6.95. The molecule has 0 saturated heterocycles. The highest BCUT2D eigenvalue weighted by Crippen LogP contribution is 2.28. The van der Waals surface area contributed by atoms with Gasteiger partial charge in [0.2, 0.25) is 0 Å². The van der Waals surface area contributed by atoms with Crippen molar-refractivity contribution in [2.45, 2.75) is 26.3 Å². The summed E-state index contributed by atoms with van der Waals surface area (Å²) in [6.07, 6.45) is 1.18. The molecule has 1 aliphatic heterocycles. The fraction of sp³-hybridized carbons (Fsp3) is 0.533. The lowest BCUT2D eigenvalue weighted by Crippen LogP contribution is -2.24. The molecule has 0 bridgehead atoms. The van der Waals surface area contributed by atoms with Crippen LogP contribution in [0.2, 0.25) is 0 Å². The van der Waals surface area contributed by atoms with Gasteiger partial charge in [0.25, 0.3) is 0 Å². The highest BCUT2D eigenvalue weighted by atomic mass is 32.2. The molecule has 0 aromatic heterocycles. The van der Waals surface area contributed by atoms with E-state index in [9.17, 15) is 0 Å². The molecule has 0 aliphatic carbocycles. The molecule has 19 heavy (non-hydrogen) atoms. The zero-order valence-electron chi connectivity index (χ0n) is 12.2. The number of nitrogens with zero attached hydrogens (tertiary/aromatic N) is 2. The topological polar surface area (TPSA) is 27.6 Å². The third kappa shape index (κ3) is 3.66. The highest BCUT2D eigenvalue weighted by molar-refractivity contribution is 8.14. The Kier molecular flexibility index (Phi) is 4.75. The van der Waals surface area contributed by atoms with Gasteiger partial charge in [0.05, 0.1) is 17.4 Å². The van der Waals surface area contributed by atoms with Crippen LogP contribution < -0.4 is 10.2 Å². The van der Waals surface area contributed by atoms with Crippen LogP contribution in [0.3, 0.4) is 0 Å². The maximum Gasteiger partial charge on any atom is 0.161 e. The van der Waals surface area contributed by atoms with Gasteiger partial charge in [-0.25, -0.2) is 0 Å². The normalized spacial score (nSPS) is 19.2. The number of para-hydroxylation sites is 2. The molecule has 1 N–H and O–H groups in total. The summed E-state index contributed by atoms with van der Waals surface area (Å²) in [5.41, 5.74) is 2.32. The quantitative estimate of drug-likeness (QED) is 0.913. The first-order valence-corrected chi connectivity index (χ1v) is 7.80. The first kappa shape index (κ1) is 14.3. The van der Waals surface area contributed by atoms with Gasteiger partial charge < -0.3 is 10.2 Å². The largest absolute Gasteiger partial charge is 0.376 e. The molecule has 1 aromatic carbocycles. The lowest BCUT2D eigenvalue weighted by molar-refractivity contribution is 0.485. The van der Waals surface area contributed by atoms with Crippen LogP contribution in [-0.4, -0.2) is 31.1 Å². The van der Waals surface area contributed by atoms with E-state index in [0.717, 1.165) is 16.6 Å². The molecule has 3 nitrogen and oxygen atoms in total. The standard InChI is InChI=1S/C15H23N3S/c1-11(2)12-9-10-19-15(16-12)17-13-7-5-6-8-14(13)18(3)4/h5-8,11-12H,9-10H2,1-4H3,(H,16,17). The van der Waals surface area contributed by atoms with Crippen molar-refractivity contribution < 1.29 is 0 Å². The van der Waals surface area contributed by atoms with E-state index in [1.165, 1.54) is 12.1 Å². The predicted octanol–water partition coefficient (Wildman–Crippen LogP) is 3.68. The predicted molar refractivity (Wildman–Crippen MR) is 87.5 cm³/mol. The number of hydrogen-bond acceptors (Lipinski definition) is 4. The van der Waals surface area contributed by atoms with Crippen molar-refractivity contribution in [2.24, 2.45) is 10.9 Å². The van der Waals surface area contributed by atoms with Gasteiger partial charge in [-0.3, -0.25) is 4.99 Å². The third-order valence-electron chi connectivity index (χ3n) is 3.33. The maximum atomic E-state index is 4.83. The molecule has 104 valence electrons. The highest BCUT2D eigenvalue weighted by Gasteiger charge is 2.19. The molecule has 0 amide bonds. The first-order chi connectivity index (χ1) is 9.08. The van der Waals surface area contributed by atoms with Gasteiger partial charge in [0, 0.05) is 19.8 Å². The fourth-order valence-electron chi connectivity index (χ4n) is 2.16. The monoisotopic (exact) mass is 277 g/mol. The summed E-state index contributed by atoms with van der Waals surface area (Å²) in [6, 6.07) is 8.81. The molecule has 1 atom stereocenters. The minimum Gasteiger partial charge on any atom is -0.376 e. The van der Waals surface area contributed by atoms with E-state index in [1.807, 2.05) is 11.8 Å². The van der Waals surface area contributed by atoms with Gasteiger partial charge in [0.1, 0.15) is 0 Å². The molecule has 0 saturated carbocycles. The van der Waals surface area contributed by atoms with Crippen LogP contribution in [0.4, 0.5) is 11.4 Å². The van der Waals surface area contributed by atoms with Crippen LogP contribution in [0, 0.1) is 5.92 Å².